The van der Waals surface area contributed by atoms with Crippen molar-refractivity contribution in [3.8, 4) is 0 Å². The number of nitrogens with zero attached hydrogens (tertiary/aromatic N) is 1. The van der Waals surface area contributed by atoms with Crippen molar-refractivity contribution in [1.29, 1.82) is 0 Å². The van der Waals surface area contributed by atoms with E-state index in [0.717, 1.165) is 16.0 Å². The van der Waals surface area contributed by atoms with E-state index in [4.69, 9.17) is 0 Å². The normalized spacial score (nSPS) is 12.9. The molecule has 0 heterocycles. The molecule has 6 heteroatoms. The smallest absolute Gasteiger partial charge is 0.324 e. The summed E-state index contributed by atoms with van der Waals surface area (Å²) in [6.07, 6.45) is 0. The molecule has 1 aromatic rings. The number of methoxy groups -OCH3 is 1. The number of nitrogens with one attached hydrogen (secondary N) is 1. The first-order valence-corrected chi connectivity index (χ1v) is 7.49. The van der Waals surface area contributed by atoms with E-state index in [0.29, 0.717) is 6.54 Å². The summed E-state index contributed by atoms with van der Waals surface area (Å²) in [5, 5.41) is 2.71. The minimum atomic E-state index is -0.603. The first kappa shape index (κ1) is 18.7. The molecular formula is C17H24N2O4. The Morgan fingerprint density at radius 1 is 1.17 bits per heavy atom. The minimum Gasteiger partial charge on any atom is -0.469 e. The van der Waals surface area contributed by atoms with Gasteiger partial charge in [0, 0.05) is 13.5 Å². The Labute approximate surface area is 136 Å². The number of hydrogen-bond acceptors (Lipinski definition) is 4. The molecule has 1 rings (SSSR count). The molecule has 1 aromatic carbocycles. The van der Waals surface area contributed by atoms with Gasteiger partial charge in [0.1, 0.15) is 0 Å². The maximum absolute atomic E-state index is 12.3. The van der Waals surface area contributed by atoms with Gasteiger partial charge in [-0.2, -0.15) is 0 Å². The summed E-state index contributed by atoms with van der Waals surface area (Å²) in [4.78, 5) is 36.8. The molecule has 0 aliphatic heterocycles. The lowest BCUT2D eigenvalue weighted by molar-refractivity contribution is -0.147. The molecule has 6 nitrogen and oxygen atoms in total. The van der Waals surface area contributed by atoms with Crippen LogP contribution in [-0.2, 0) is 20.9 Å². The number of aryl methyl sites for hydroxylation is 1. The SMILES string of the molecule is COC(=O)[C@H](C)[C@H](C)N(C(C)=O)C(=O)NCc1ccc(C)cc1. The lowest BCUT2D eigenvalue weighted by Crippen LogP contribution is -2.51. The van der Waals surface area contributed by atoms with Gasteiger partial charge in [0.2, 0.25) is 5.91 Å². The quantitative estimate of drug-likeness (QED) is 0.844. The van der Waals surface area contributed by atoms with Crippen LogP contribution in [0.4, 0.5) is 4.79 Å². The maximum atomic E-state index is 12.3. The zero-order valence-corrected chi connectivity index (χ0v) is 14.3. The molecule has 126 valence electrons. The Kier molecular flexibility index (Phi) is 6.75. The van der Waals surface area contributed by atoms with Gasteiger partial charge in [-0.3, -0.25) is 14.5 Å². The van der Waals surface area contributed by atoms with Crippen molar-refractivity contribution in [2.24, 2.45) is 5.92 Å². The second kappa shape index (κ2) is 8.31. The van der Waals surface area contributed by atoms with Crippen molar-refractivity contribution < 1.29 is 19.1 Å². The zero-order valence-electron chi connectivity index (χ0n) is 14.3. The molecule has 0 saturated heterocycles. The molecule has 1 N–H and O–H groups in total. The Morgan fingerprint density at radius 2 is 1.74 bits per heavy atom. The number of carbonyl (C=O) groups excluding carboxylic acids is 3. The zero-order chi connectivity index (χ0) is 17.6. The highest BCUT2D eigenvalue weighted by Crippen LogP contribution is 2.13. The van der Waals surface area contributed by atoms with Gasteiger partial charge in [0.25, 0.3) is 0 Å². The lowest BCUT2D eigenvalue weighted by Gasteiger charge is -2.29. The van der Waals surface area contributed by atoms with Crippen molar-refractivity contribution in [2.45, 2.75) is 40.3 Å². The fourth-order valence-electron chi connectivity index (χ4n) is 2.19. The third-order valence-electron chi connectivity index (χ3n) is 3.83. The van der Waals surface area contributed by atoms with Gasteiger partial charge < -0.3 is 10.1 Å². The number of hydrogen-bond donors (Lipinski definition) is 1. The van der Waals surface area contributed by atoms with Crippen LogP contribution >= 0.6 is 0 Å². The highest BCUT2D eigenvalue weighted by atomic mass is 16.5. The molecule has 0 spiro atoms. The van der Waals surface area contributed by atoms with Gasteiger partial charge in [-0.15, -0.1) is 0 Å². The van der Waals surface area contributed by atoms with E-state index in [1.165, 1.54) is 14.0 Å². The predicted molar refractivity (Wildman–Crippen MR) is 86.6 cm³/mol. The Morgan fingerprint density at radius 3 is 2.22 bits per heavy atom. The van der Waals surface area contributed by atoms with Gasteiger partial charge in [0.15, 0.2) is 0 Å². The number of ether oxygens (including phenoxy) is 1. The first-order valence-electron chi connectivity index (χ1n) is 7.49. The van der Waals surface area contributed by atoms with E-state index >= 15 is 0 Å². The van der Waals surface area contributed by atoms with Crippen LogP contribution < -0.4 is 5.32 Å². The van der Waals surface area contributed by atoms with Crippen LogP contribution in [-0.4, -0.2) is 36.0 Å². The summed E-state index contributed by atoms with van der Waals surface area (Å²) in [5.41, 5.74) is 2.06. The van der Waals surface area contributed by atoms with E-state index in [1.54, 1.807) is 13.8 Å². The molecule has 0 aromatic heterocycles. The molecule has 0 aliphatic carbocycles. The van der Waals surface area contributed by atoms with Crippen LogP contribution in [0.25, 0.3) is 0 Å². The maximum Gasteiger partial charge on any atom is 0.324 e. The summed E-state index contributed by atoms with van der Waals surface area (Å²) in [6.45, 7) is 6.86. The van der Waals surface area contributed by atoms with E-state index < -0.39 is 29.9 Å². The van der Waals surface area contributed by atoms with Crippen LogP contribution in [0.5, 0.6) is 0 Å². The summed E-state index contributed by atoms with van der Waals surface area (Å²) in [6, 6.07) is 6.60. The number of urea groups is 1. The minimum absolute atomic E-state index is 0.308. The van der Waals surface area contributed by atoms with Gasteiger partial charge in [-0.1, -0.05) is 29.8 Å². The number of imide groups is 1. The van der Waals surface area contributed by atoms with Crippen LogP contribution in [0.15, 0.2) is 24.3 Å². The van der Waals surface area contributed by atoms with Crippen molar-refractivity contribution in [2.75, 3.05) is 7.11 Å². The molecule has 0 unspecified atom stereocenters. The third kappa shape index (κ3) is 5.09. The third-order valence-corrected chi connectivity index (χ3v) is 3.83. The Bertz CT molecular complexity index is 568. The van der Waals surface area contributed by atoms with Gasteiger partial charge in [-0.25, -0.2) is 4.79 Å². The summed E-state index contributed by atoms with van der Waals surface area (Å²) < 4.78 is 4.67. The van der Waals surface area contributed by atoms with Crippen LogP contribution in [0.3, 0.4) is 0 Å². The highest BCUT2D eigenvalue weighted by Gasteiger charge is 2.32. The van der Waals surface area contributed by atoms with Crippen LogP contribution in [0, 0.1) is 12.8 Å². The number of carbonyl (C=O) groups is 3. The molecule has 0 fully saturated rings. The first-order chi connectivity index (χ1) is 10.8. The molecule has 0 aliphatic rings. The topological polar surface area (TPSA) is 75.7 Å². The van der Waals surface area contributed by atoms with E-state index in [-0.39, 0.29) is 0 Å². The Hall–Kier alpha value is -2.37. The van der Waals surface area contributed by atoms with Crippen molar-refractivity contribution in [1.82, 2.24) is 10.2 Å². The molecule has 0 bridgehead atoms. The number of amides is 3. The summed E-state index contributed by atoms with van der Waals surface area (Å²) >= 11 is 0. The second-order valence-corrected chi connectivity index (χ2v) is 5.59. The molecule has 23 heavy (non-hydrogen) atoms. The van der Waals surface area contributed by atoms with Crippen molar-refractivity contribution in [3.63, 3.8) is 0 Å². The van der Waals surface area contributed by atoms with Crippen molar-refractivity contribution in [3.05, 3.63) is 35.4 Å². The lowest BCUT2D eigenvalue weighted by atomic mass is 10.0. The molecule has 0 saturated carbocycles. The molecule has 3 amide bonds. The largest absolute Gasteiger partial charge is 0.469 e. The Balaban J connectivity index is 2.76. The van der Waals surface area contributed by atoms with E-state index in [2.05, 4.69) is 10.1 Å². The van der Waals surface area contributed by atoms with Gasteiger partial charge >= 0.3 is 12.0 Å². The van der Waals surface area contributed by atoms with Gasteiger partial charge in [0.05, 0.1) is 19.1 Å². The number of benzene rings is 1. The standard InChI is InChI=1S/C17H24N2O4/c1-11-6-8-15(9-7-11)10-18-17(22)19(14(4)20)13(3)12(2)16(21)23-5/h6-9,12-13H,10H2,1-5H3,(H,18,22)/t12-,13+/m1/s1. The van der Waals surface area contributed by atoms with Crippen LogP contribution in [0.2, 0.25) is 0 Å². The molecule has 2 atom stereocenters. The molecule has 0 radical (unpaired) electrons. The average molecular weight is 320 g/mol. The predicted octanol–water partition coefficient (Wildman–Crippen LogP) is 2.25. The monoisotopic (exact) mass is 320 g/mol. The fourth-order valence-corrected chi connectivity index (χ4v) is 2.19. The van der Waals surface area contributed by atoms with E-state index in [1.807, 2.05) is 31.2 Å². The average Bonchev–Trinajstić information content (AvgIpc) is 2.52. The van der Waals surface area contributed by atoms with Gasteiger partial charge in [-0.05, 0) is 26.3 Å². The van der Waals surface area contributed by atoms with E-state index in [9.17, 15) is 14.4 Å². The summed E-state index contributed by atoms with van der Waals surface area (Å²) in [5.74, 6) is -1.49. The molecular weight excluding hydrogens is 296 g/mol. The fraction of sp³-hybridized carbons (Fsp3) is 0.471. The summed E-state index contributed by atoms with van der Waals surface area (Å²) in [7, 11) is 1.28. The van der Waals surface area contributed by atoms with Crippen molar-refractivity contribution >= 4 is 17.9 Å². The second-order valence-electron chi connectivity index (χ2n) is 5.59. The number of esters is 1. The number of rotatable bonds is 5. The highest BCUT2D eigenvalue weighted by molar-refractivity contribution is 5.94. The van der Waals surface area contributed by atoms with Crippen LogP contribution in [0.1, 0.15) is 31.9 Å².